The fraction of sp³-hybridized carbons (Fsp3) is 0.455. The topological polar surface area (TPSA) is 47.9 Å². The molecule has 1 aromatic carbocycles. The zero-order valence-corrected chi connectivity index (χ0v) is 16.2. The molecule has 1 aromatic rings. The third-order valence-corrected chi connectivity index (χ3v) is 4.37. The van der Waals surface area contributed by atoms with Crippen LogP contribution in [0, 0.1) is 11.3 Å². The van der Waals surface area contributed by atoms with Crippen LogP contribution in [-0.4, -0.2) is 31.8 Å². The Balaban J connectivity index is 1.81. The molecule has 2 rings (SSSR count). The molecule has 26 heavy (non-hydrogen) atoms. The van der Waals surface area contributed by atoms with Gasteiger partial charge in [0.1, 0.15) is 19.0 Å². The highest BCUT2D eigenvalue weighted by atomic mass is 16.5. The van der Waals surface area contributed by atoms with Crippen LogP contribution in [0.4, 0.5) is 0 Å². The van der Waals surface area contributed by atoms with Gasteiger partial charge in [-0.25, -0.2) is 0 Å². The molecule has 0 spiro atoms. The Morgan fingerprint density at radius 1 is 1.19 bits per heavy atom. The number of carbonyl (C=O) groups is 1. The highest BCUT2D eigenvalue weighted by Crippen LogP contribution is 2.27. The number of nitrogens with zero attached hydrogens (tertiary/aromatic N) is 1. The molecule has 0 bridgehead atoms. The molecule has 4 heteroatoms. The van der Waals surface area contributed by atoms with Gasteiger partial charge in [-0.15, -0.1) is 0 Å². The van der Waals surface area contributed by atoms with Gasteiger partial charge in [0.2, 0.25) is 0 Å². The number of ether oxygens (including phenoxy) is 2. The maximum Gasteiger partial charge on any atom is 0.161 e. The summed E-state index contributed by atoms with van der Waals surface area (Å²) in [6.07, 6.45) is 8.84. The second-order valence-electron chi connectivity index (χ2n) is 7.22. The Morgan fingerprint density at radius 3 is 2.62 bits per heavy atom. The molecule has 0 saturated heterocycles. The Hall–Kier alpha value is -2.20. The third kappa shape index (κ3) is 6.26. The lowest BCUT2D eigenvalue weighted by Crippen LogP contribution is -2.18. The fourth-order valence-electron chi connectivity index (χ4n) is 2.53. The first-order valence-electron chi connectivity index (χ1n) is 9.19. The van der Waals surface area contributed by atoms with Gasteiger partial charge in [-0.05, 0) is 35.8 Å². The summed E-state index contributed by atoms with van der Waals surface area (Å²) >= 11 is 0. The molecule has 1 atom stereocenters. The lowest BCUT2D eigenvalue weighted by Gasteiger charge is -2.14. The summed E-state index contributed by atoms with van der Waals surface area (Å²) in [4.78, 5) is 16.0. The van der Waals surface area contributed by atoms with E-state index in [4.69, 9.17) is 9.47 Å². The fourth-order valence-corrected chi connectivity index (χ4v) is 2.53. The predicted octanol–water partition coefficient (Wildman–Crippen LogP) is 4.70. The third-order valence-electron chi connectivity index (χ3n) is 4.37. The smallest absolute Gasteiger partial charge is 0.161 e. The molecule has 0 aliphatic carbocycles. The van der Waals surface area contributed by atoms with Crippen LogP contribution in [0.3, 0.4) is 0 Å². The number of Topliss-reactive ketones (excluding diaryl/α,β-unsaturated/α-hetero) is 1. The number of hydrogen-bond donors (Lipinski definition) is 0. The van der Waals surface area contributed by atoms with Gasteiger partial charge in [-0.3, -0.25) is 9.79 Å². The van der Waals surface area contributed by atoms with Crippen LogP contribution in [0.2, 0.25) is 0 Å². The lowest BCUT2D eigenvalue weighted by atomic mass is 9.90. The summed E-state index contributed by atoms with van der Waals surface area (Å²) in [6, 6.07) is 7.99. The summed E-state index contributed by atoms with van der Waals surface area (Å²) in [7, 11) is 0. The van der Waals surface area contributed by atoms with Crippen LogP contribution in [-0.2, 0) is 9.53 Å². The van der Waals surface area contributed by atoms with Crippen molar-refractivity contribution in [1.29, 1.82) is 0 Å². The van der Waals surface area contributed by atoms with Crippen molar-refractivity contribution < 1.29 is 14.3 Å². The predicted molar refractivity (Wildman–Crippen MR) is 107 cm³/mol. The van der Waals surface area contributed by atoms with E-state index < -0.39 is 0 Å². The number of carbonyl (C=O) groups excluding carboxylic acids is 1. The van der Waals surface area contributed by atoms with Crippen molar-refractivity contribution in [2.75, 3.05) is 19.8 Å². The molecule has 0 aromatic heterocycles. The van der Waals surface area contributed by atoms with Crippen LogP contribution in [0.5, 0.6) is 5.75 Å². The van der Waals surface area contributed by atoms with Crippen LogP contribution >= 0.6 is 0 Å². The molecule has 4 nitrogen and oxygen atoms in total. The van der Waals surface area contributed by atoms with Crippen molar-refractivity contribution >= 4 is 17.6 Å². The summed E-state index contributed by atoms with van der Waals surface area (Å²) in [5, 5.41) is 0. The molecule has 0 amide bonds. The van der Waals surface area contributed by atoms with Crippen LogP contribution in [0.25, 0.3) is 5.57 Å². The van der Waals surface area contributed by atoms with Gasteiger partial charge in [0, 0.05) is 23.7 Å². The van der Waals surface area contributed by atoms with Gasteiger partial charge in [-0.2, -0.15) is 0 Å². The first kappa shape index (κ1) is 20.1. The molecular weight excluding hydrogens is 326 g/mol. The van der Waals surface area contributed by atoms with E-state index in [0.29, 0.717) is 13.2 Å². The summed E-state index contributed by atoms with van der Waals surface area (Å²) < 4.78 is 11.1. The number of rotatable bonds is 9. The largest absolute Gasteiger partial charge is 0.491 e. The second-order valence-corrected chi connectivity index (χ2v) is 7.22. The first-order chi connectivity index (χ1) is 12.4. The van der Waals surface area contributed by atoms with E-state index in [1.807, 2.05) is 56.6 Å². The maximum absolute atomic E-state index is 11.7. The van der Waals surface area contributed by atoms with Crippen LogP contribution < -0.4 is 4.74 Å². The van der Waals surface area contributed by atoms with Gasteiger partial charge >= 0.3 is 0 Å². The molecular formula is C22H29NO3. The monoisotopic (exact) mass is 355 g/mol. The van der Waals surface area contributed by atoms with Gasteiger partial charge in [0.25, 0.3) is 0 Å². The van der Waals surface area contributed by atoms with E-state index in [-0.39, 0.29) is 23.7 Å². The van der Waals surface area contributed by atoms with Crippen molar-refractivity contribution in [3.05, 3.63) is 48.2 Å². The first-order valence-corrected chi connectivity index (χ1v) is 9.19. The normalized spacial score (nSPS) is 16.7. The Labute approximate surface area is 156 Å². The molecule has 1 aliphatic heterocycles. The highest BCUT2D eigenvalue weighted by molar-refractivity contribution is 5.82. The van der Waals surface area contributed by atoms with Crippen molar-refractivity contribution in [2.45, 2.75) is 34.1 Å². The van der Waals surface area contributed by atoms with Crippen LogP contribution in [0.1, 0.15) is 39.7 Å². The zero-order valence-electron chi connectivity index (χ0n) is 16.2. The van der Waals surface area contributed by atoms with E-state index in [1.54, 1.807) is 0 Å². The summed E-state index contributed by atoms with van der Waals surface area (Å²) in [5.74, 6) is 0.999. The maximum atomic E-state index is 11.7. The van der Waals surface area contributed by atoms with Gasteiger partial charge in [0.15, 0.2) is 5.78 Å². The number of ketones is 1. The molecule has 1 heterocycles. The van der Waals surface area contributed by atoms with Gasteiger partial charge in [-0.1, -0.05) is 45.9 Å². The van der Waals surface area contributed by atoms with Crippen LogP contribution in [0.15, 0.2) is 47.6 Å². The lowest BCUT2D eigenvalue weighted by molar-refractivity contribution is -0.127. The Kier molecular flexibility index (Phi) is 7.34. The Bertz CT molecular complexity index is 684. The van der Waals surface area contributed by atoms with E-state index >= 15 is 0 Å². The van der Waals surface area contributed by atoms with E-state index in [9.17, 15) is 4.79 Å². The average Bonchev–Trinajstić information content (AvgIpc) is 2.81. The summed E-state index contributed by atoms with van der Waals surface area (Å²) in [6.45, 7) is 9.19. The molecule has 0 N–H and O–H groups in total. The van der Waals surface area contributed by atoms with Crippen molar-refractivity contribution in [3.63, 3.8) is 0 Å². The number of hydrogen-bond acceptors (Lipinski definition) is 4. The van der Waals surface area contributed by atoms with E-state index in [2.05, 4.69) is 24.9 Å². The molecule has 1 aliphatic rings. The number of allylic oxidation sites excluding steroid dienone is 3. The van der Waals surface area contributed by atoms with E-state index in [1.165, 1.54) is 0 Å². The second kappa shape index (κ2) is 9.48. The minimum Gasteiger partial charge on any atom is -0.491 e. The Morgan fingerprint density at radius 2 is 1.92 bits per heavy atom. The quantitative estimate of drug-likeness (QED) is 0.603. The minimum atomic E-state index is -0.0714. The zero-order chi connectivity index (χ0) is 19.0. The number of benzene rings is 1. The van der Waals surface area contributed by atoms with Gasteiger partial charge < -0.3 is 9.47 Å². The molecule has 1 unspecified atom stereocenters. The SMILES string of the molecule is CCC(C)C(=O)COCCOc1ccc(C2=CC(C)(C)C=NC=C2)cc1. The molecule has 0 fully saturated rings. The number of aliphatic imine (C=N–C) groups is 1. The minimum absolute atomic E-state index is 0.0613. The average molecular weight is 355 g/mol. The highest BCUT2D eigenvalue weighted by Gasteiger charge is 2.14. The molecule has 0 saturated carbocycles. The molecule has 0 radical (unpaired) electrons. The summed E-state index contributed by atoms with van der Waals surface area (Å²) in [5.41, 5.74) is 2.20. The standard InChI is InChI=1S/C22H29NO3/c1-5-17(2)21(24)15-25-12-13-26-20-8-6-18(7-9-20)19-10-11-23-16-22(3,4)14-19/h6-11,14,16-17H,5,12-13,15H2,1-4H3. The van der Waals surface area contributed by atoms with E-state index in [0.717, 1.165) is 23.3 Å². The van der Waals surface area contributed by atoms with Crippen molar-refractivity contribution in [2.24, 2.45) is 16.3 Å². The molecule has 140 valence electrons. The van der Waals surface area contributed by atoms with Crippen molar-refractivity contribution in [1.82, 2.24) is 0 Å². The van der Waals surface area contributed by atoms with Crippen molar-refractivity contribution in [3.8, 4) is 5.75 Å². The van der Waals surface area contributed by atoms with Gasteiger partial charge in [0.05, 0.1) is 6.61 Å².